The number of benzene rings is 1. The van der Waals surface area contributed by atoms with Crippen molar-refractivity contribution in [2.45, 2.75) is 29.9 Å². The van der Waals surface area contributed by atoms with Crippen molar-refractivity contribution in [3.63, 3.8) is 0 Å². The monoisotopic (exact) mass is 339 g/mol. The fourth-order valence-electron chi connectivity index (χ4n) is 2.54. The van der Waals surface area contributed by atoms with Crippen LogP contribution in [0.25, 0.3) is 0 Å². The van der Waals surface area contributed by atoms with Crippen LogP contribution < -0.4 is 9.47 Å². The third-order valence-corrected chi connectivity index (χ3v) is 4.53. The molecule has 0 unspecified atom stereocenters. The van der Waals surface area contributed by atoms with E-state index in [0.717, 1.165) is 12.8 Å². The highest BCUT2D eigenvalue weighted by Crippen LogP contribution is 2.49. The van der Waals surface area contributed by atoms with Gasteiger partial charge in [-0.05, 0) is 31.2 Å². The lowest BCUT2D eigenvalue weighted by Gasteiger charge is -2.07. The first-order valence-electron chi connectivity index (χ1n) is 6.96. The number of alkyl halides is 2. The van der Waals surface area contributed by atoms with Gasteiger partial charge in [-0.3, -0.25) is 4.79 Å². The van der Waals surface area contributed by atoms with Crippen molar-refractivity contribution in [2.75, 3.05) is 6.26 Å². The number of carbonyl (C=O) groups excluding carboxylic acids is 1. The van der Waals surface area contributed by atoms with Gasteiger partial charge in [0.2, 0.25) is 5.78 Å². The fourth-order valence-corrected chi connectivity index (χ4v) is 3.07. The van der Waals surface area contributed by atoms with Crippen LogP contribution >= 0.6 is 11.8 Å². The van der Waals surface area contributed by atoms with Crippen LogP contribution in [-0.2, 0) is 0 Å². The maximum absolute atomic E-state index is 13.5. The number of halogens is 2. The van der Waals surface area contributed by atoms with Crippen LogP contribution in [0.5, 0.6) is 11.5 Å². The summed E-state index contributed by atoms with van der Waals surface area (Å²) in [5.74, 6) is -0.136. The molecule has 1 aromatic heterocycles. The molecular formula is C15H11F2NO4S. The number of ether oxygens (including phenoxy) is 2. The third kappa shape index (κ3) is 2.37. The zero-order valence-corrected chi connectivity index (χ0v) is 12.8. The van der Waals surface area contributed by atoms with Crippen molar-refractivity contribution in [1.82, 2.24) is 5.16 Å². The van der Waals surface area contributed by atoms with Gasteiger partial charge < -0.3 is 14.0 Å². The van der Waals surface area contributed by atoms with Crippen LogP contribution in [0.3, 0.4) is 0 Å². The van der Waals surface area contributed by atoms with Crippen LogP contribution in [0, 0.1) is 0 Å². The summed E-state index contributed by atoms with van der Waals surface area (Å²) < 4.78 is 41.2. The van der Waals surface area contributed by atoms with E-state index < -0.39 is 12.1 Å². The molecule has 1 aromatic carbocycles. The second-order valence-electron chi connectivity index (χ2n) is 5.35. The van der Waals surface area contributed by atoms with Crippen molar-refractivity contribution in [1.29, 1.82) is 0 Å². The lowest BCUT2D eigenvalue weighted by atomic mass is 10.0. The van der Waals surface area contributed by atoms with Gasteiger partial charge in [0, 0.05) is 5.92 Å². The lowest BCUT2D eigenvalue weighted by Crippen LogP contribution is -2.26. The van der Waals surface area contributed by atoms with E-state index in [1.165, 1.54) is 24.0 Å². The Balaban J connectivity index is 1.79. The highest BCUT2D eigenvalue weighted by atomic mass is 32.2. The van der Waals surface area contributed by atoms with Crippen molar-refractivity contribution in [3.8, 4) is 11.5 Å². The summed E-state index contributed by atoms with van der Waals surface area (Å²) in [6.07, 6.45) is 1.12. The second-order valence-corrected chi connectivity index (χ2v) is 6.20. The average molecular weight is 339 g/mol. The minimum atomic E-state index is -3.78. The predicted molar refractivity (Wildman–Crippen MR) is 76.3 cm³/mol. The maximum Gasteiger partial charge on any atom is 0.586 e. The smallest absolute Gasteiger partial charge is 0.394 e. The molecule has 2 aromatic rings. The molecule has 1 aliphatic heterocycles. The molecule has 8 heteroatoms. The normalized spacial score (nSPS) is 18.2. The van der Waals surface area contributed by atoms with Gasteiger partial charge in [0.25, 0.3) is 0 Å². The molecule has 1 aliphatic carbocycles. The van der Waals surface area contributed by atoms with Gasteiger partial charge >= 0.3 is 6.29 Å². The first kappa shape index (κ1) is 14.5. The second kappa shape index (κ2) is 4.95. The topological polar surface area (TPSA) is 61.6 Å². The van der Waals surface area contributed by atoms with E-state index in [1.54, 1.807) is 12.3 Å². The molecule has 2 heterocycles. The molecule has 0 bridgehead atoms. The quantitative estimate of drug-likeness (QED) is 0.623. The molecule has 23 heavy (non-hydrogen) atoms. The van der Waals surface area contributed by atoms with Crippen LogP contribution in [0.15, 0.2) is 27.7 Å². The number of nitrogens with zero attached hydrogens (tertiary/aromatic N) is 1. The summed E-state index contributed by atoms with van der Waals surface area (Å²) in [6, 6.07) is 3.02. The molecule has 4 rings (SSSR count). The molecule has 5 nitrogen and oxygen atoms in total. The predicted octanol–water partition coefficient (Wildman–Crippen LogP) is 3.83. The van der Waals surface area contributed by atoms with Crippen molar-refractivity contribution in [3.05, 3.63) is 35.2 Å². The zero-order valence-electron chi connectivity index (χ0n) is 12.0. The summed E-state index contributed by atoms with van der Waals surface area (Å²) >= 11 is 1.23. The number of rotatable bonds is 4. The Labute approximate surface area is 133 Å². The van der Waals surface area contributed by atoms with Gasteiger partial charge in [0.05, 0.1) is 22.2 Å². The molecule has 1 saturated carbocycles. The molecule has 0 amide bonds. The Kier molecular flexibility index (Phi) is 3.12. The summed E-state index contributed by atoms with van der Waals surface area (Å²) in [5, 5.41) is 3.67. The van der Waals surface area contributed by atoms with Gasteiger partial charge in [0.1, 0.15) is 0 Å². The van der Waals surface area contributed by atoms with E-state index in [4.69, 9.17) is 4.52 Å². The van der Waals surface area contributed by atoms with Crippen molar-refractivity contribution < 1.29 is 27.6 Å². The molecular weight excluding hydrogens is 328 g/mol. The maximum atomic E-state index is 13.5. The van der Waals surface area contributed by atoms with Gasteiger partial charge in [-0.2, -0.15) is 0 Å². The van der Waals surface area contributed by atoms with Crippen LogP contribution in [0.2, 0.25) is 0 Å². The first-order chi connectivity index (χ1) is 11.0. The SMILES string of the molecule is CSc1ccc(C(=O)c2cnoc2C2CC2)c2c1OC(F)(F)O2. The molecule has 0 saturated heterocycles. The highest BCUT2D eigenvalue weighted by molar-refractivity contribution is 7.98. The first-order valence-corrected chi connectivity index (χ1v) is 8.19. The average Bonchev–Trinajstić information content (AvgIpc) is 3.14. The molecule has 0 N–H and O–H groups in total. The minimum Gasteiger partial charge on any atom is -0.394 e. The van der Waals surface area contributed by atoms with Gasteiger partial charge in [0.15, 0.2) is 17.3 Å². The minimum absolute atomic E-state index is 0.0140. The molecule has 120 valence electrons. The van der Waals surface area contributed by atoms with Crippen LogP contribution in [0.4, 0.5) is 8.78 Å². The summed E-state index contributed by atoms with van der Waals surface area (Å²) in [6.45, 7) is 0. The number of ketones is 1. The molecule has 0 spiro atoms. The Morgan fingerprint density at radius 1 is 1.26 bits per heavy atom. The highest BCUT2D eigenvalue weighted by Gasteiger charge is 2.47. The number of hydrogen-bond donors (Lipinski definition) is 0. The molecule has 1 fully saturated rings. The Bertz CT molecular complexity index is 801. The van der Waals surface area contributed by atoms with Crippen molar-refractivity contribution >= 4 is 17.5 Å². The molecule has 2 aliphatic rings. The number of hydrogen-bond acceptors (Lipinski definition) is 6. The van der Waals surface area contributed by atoms with Crippen LogP contribution in [0.1, 0.15) is 40.4 Å². The summed E-state index contributed by atoms with van der Waals surface area (Å²) in [4.78, 5) is 13.2. The zero-order chi connectivity index (χ0) is 16.2. The Hall–Kier alpha value is -2.09. The van der Waals surface area contributed by atoms with E-state index >= 15 is 0 Å². The fraction of sp³-hybridized carbons (Fsp3) is 0.333. The Morgan fingerprint density at radius 2 is 2.00 bits per heavy atom. The molecule has 0 radical (unpaired) electrons. The van der Waals surface area contributed by atoms with Gasteiger partial charge in [-0.1, -0.05) is 5.16 Å². The van der Waals surface area contributed by atoms with E-state index in [1.807, 2.05) is 0 Å². The largest absolute Gasteiger partial charge is 0.586 e. The summed E-state index contributed by atoms with van der Waals surface area (Å²) in [5.41, 5.74) is 0.297. The Morgan fingerprint density at radius 3 is 2.70 bits per heavy atom. The number of fused-ring (bicyclic) bond motifs is 1. The number of carbonyl (C=O) groups is 1. The molecule has 0 atom stereocenters. The third-order valence-electron chi connectivity index (χ3n) is 3.77. The van der Waals surface area contributed by atoms with Crippen LogP contribution in [-0.4, -0.2) is 23.5 Å². The standard InChI is InChI=1S/C15H11F2NO4S/c1-23-10-5-4-8(13-14(10)21-15(16,17)20-13)11(19)9-6-18-22-12(9)7-2-3-7/h4-7H,2-3H2,1H3. The van der Waals surface area contributed by atoms with Crippen molar-refractivity contribution in [2.24, 2.45) is 0 Å². The number of thioether (sulfide) groups is 1. The van der Waals surface area contributed by atoms with Gasteiger partial charge in [-0.15, -0.1) is 20.5 Å². The van der Waals surface area contributed by atoms with E-state index in [2.05, 4.69) is 14.6 Å². The number of aromatic nitrogens is 1. The summed E-state index contributed by atoms with van der Waals surface area (Å²) in [7, 11) is 0. The van der Waals surface area contributed by atoms with E-state index in [-0.39, 0.29) is 28.5 Å². The van der Waals surface area contributed by atoms with Gasteiger partial charge in [-0.25, -0.2) is 0 Å². The lowest BCUT2D eigenvalue weighted by molar-refractivity contribution is -0.287. The van der Waals surface area contributed by atoms with E-state index in [9.17, 15) is 13.6 Å². The van der Waals surface area contributed by atoms with E-state index in [0.29, 0.717) is 10.7 Å².